The molecule has 1 heterocycles. The van der Waals surface area contributed by atoms with Crippen molar-refractivity contribution >= 4 is 5.91 Å². The van der Waals surface area contributed by atoms with Gasteiger partial charge >= 0.3 is 0 Å². The molecule has 0 aromatic heterocycles. The van der Waals surface area contributed by atoms with Crippen molar-refractivity contribution in [2.75, 3.05) is 45.9 Å². The van der Waals surface area contributed by atoms with Crippen LogP contribution in [0.5, 0.6) is 0 Å². The number of carbonyl (C=O) groups excluding carboxylic acids is 1. The molecule has 0 aliphatic carbocycles. The fraction of sp³-hybridized carbons (Fsp3) is 0.923. The first kappa shape index (κ1) is 15.4. The number of hydrogen-bond acceptors (Lipinski definition) is 4. The molecule has 0 aromatic carbocycles. The highest BCUT2D eigenvalue weighted by atomic mass is 16.3. The van der Waals surface area contributed by atoms with Crippen LogP contribution in [-0.4, -0.2) is 72.7 Å². The molecule has 0 aromatic rings. The molecule has 18 heavy (non-hydrogen) atoms. The molecule has 1 amide bonds. The number of carbonyl (C=O) groups is 1. The van der Waals surface area contributed by atoms with Crippen LogP contribution in [0.15, 0.2) is 0 Å². The predicted octanol–water partition coefficient (Wildman–Crippen LogP) is -0.0989. The van der Waals surface area contributed by atoms with Gasteiger partial charge in [0.1, 0.15) is 0 Å². The Morgan fingerprint density at radius 2 is 1.94 bits per heavy atom. The summed E-state index contributed by atoms with van der Waals surface area (Å²) in [5, 5.41) is 12.1. The SMILES string of the molecule is CCNC(=O)CCN1CCN(C(CC)CO)CC1. The Kier molecular flexibility index (Phi) is 7.23. The first-order chi connectivity index (χ1) is 8.71. The highest BCUT2D eigenvalue weighted by molar-refractivity contribution is 5.75. The largest absolute Gasteiger partial charge is 0.395 e. The van der Waals surface area contributed by atoms with Gasteiger partial charge in [-0.25, -0.2) is 0 Å². The molecule has 1 atom stereocenters. The van der Waals surface area contributed by atoms with Gasteiger partial charge in [-0.15, -0.1) is 0 Å². The summed E-state index contributed by atoms with van der Waals surface area (Å²) in [5.74, 6) is 0.140. The number of piperazine rings is 1. The van der Waals surface area contributed by atoms with E-state index in [1.165, 1.54) is 0 Å². The summed E-state index contributed by atoms with van der Waals surface area (Å²) in [6.07, 6.45) is 1.58. The van der Waals surface area contributed by atoms with E-state index in [1.54, 1.807) is 0 Å². The van der Waals surface area contributed by atoms with E-state index in [0.717, 1.165) is 39.1 Å². The van der Waals surface area contributed by atoms with Gasteiger partial charge in [-0.1, -0.05) is 6.92 Å². The van der Waals surface area contributed by atoms with Crippen molar-refractivity contribution < 1.29 is 9.90 Å². The number of nitrogens with zero attached hydrogens (tertiary/aromatic N) is 2. The Bertz CT molecular complexity index is 236. The van der Waals surface area contributed by atoms with Crippen molar-refractivity contribution in [3.05, 3.63) is 0 Å². The molecule has 1 aliphatic heterocycles. The lowest BCUT2D eigenvalue weighted by atomic mass is 10.1. The van der Waals surface area contributed by atoms with Crippen LogP contribution in [0.2, 0.25) is 0 Å². The Balaban J connectivity index is 2.21. The second-order valence-electron chi connectivity index (χ2n) is 4.83. The Morgan fingerprint density at radius 1 is 1.28 bits per heavy atom. The molecule has 0 saturated carbocycles. The second-order valence-corrected chi connectivity index (χ2v) is 4.83. The van der Waals surface area contributed by atoms with Gasteiger partial charge in [-0.3, -0.25) is 9.69 Å². The molecule has 0 spiro atoms. The molecule has 1 unspecified atom stereocenters. The topological polar surface area (TPSA) is 55.8 Å². The van der Waals surface area contributed by atoms with E-state index in [9.17, 15) is 9.90 Å². The maximum atomic E-state index is 11.4. The minimum atomic E-state index is 0.140. The van der Waals surface area contributed by atoms with E-state index in [4.69, 9.17) is 0 Å². The Labute approximate surface area is 110 Å². The third-order valence-electron chi connectivity index (χ3n) is 3.63. The number of nitrogens with one attached hydrogen (secondary N) is 1. The molecule has 5 nitrogen and oxygen atoms in total. The lowest BCUT2D eigenvalue weighted by Crippen LogP contribution is -2.51. The Morgan fingerprint density at radius 3 is 2.44 bits per heavy atom. The quantitative estimate of drug-likeness (QED) is 0.669. The van der Waals surface area contributed by atoms with Crippen LogP contribution >= 0.6 is 0 Å². The van der Waals surface area contributed by atoms with E-state index in [0.29, 0.717) is 19.0 Å². The minimum Gasteiger partial charge on any atom is -0.395 e. The smallest absolute Gasteiger partial charge is 0.221 e. The van der Waals surface area contributed by atoms with Crippen molar-refractivity contribution in [3.63, 3.8) is 0 Å². The van der Waals surface area contributed by atoms with Gasteiger partial charge in [0.15, 0.2) is 0 Å². The fourth-order valence-electron chi connectivity index (χ4n) is 2.40. The summed E-state index contributed by atoms with van der Waals surface area (Å²) in [7, 11) is 0. The number of amides is 1. The molecule has 1 aliphatic rings. The third-order valence-corrected chi connectivity index (χ3v) is 3.63. The molecule has 0 bridgehead atoms. The maximum Gasteiger partial charge on any atom is 0.221 e. The molecule has 106 valence electrons. The van der Waals surface area contributed by atoms with Crippen molar-refractivity contribution in [1.29, 1.82) is 0 Å². The van der Waals surface area contributed by atoms with Gasteiger partial charge in [0.2, 0.25) is 5.91 Å². The van der Waals surface area contributed by atoms with Gasteiger partial charge in [-0.2, -0.15) is 0 Å². The molecule has 2 N–H and O–H groups in total. The molecule has 1 fully saturated rings. The van der Waals surface area contributed by atoms with Crippen LogP contribution in [0.3, 0.4) is 0 Å². The summed E-state index contributed by atoms with van der Waals surface area (Å²) in [5.41, 5.74) is 0. The van der Waals surface area contributed by atoms with Gasteiger partial charge in [0, 0.05) is 51.7 Å². The number of rotatable bonds is 7. The molecule has 1 saturated heterocycles. The van der Waals surface area contributed by atoms with E-state index in [1.807, 2.05) is 6.92 Å². The number of hydrogen-bond donors (Lipinski definition) is 2. The lowest BCUT2D eigenvalue weighted by molar-refractivity contribution is -0.121. The first-order valence-corrected chi connectivity index (χ1v) is 7.05. The average Bonchev–Trinajstić information content (AvgIpc) is 2.39. The van der Waals surface area contributed by atoms with E-state index in [-0.39, 0.29) is 12.5 Å². The van der Waals surface area contributed by atoms with Gasteiger partial charge < -0.3 is 15.3 Å². The van der Waals surface area contributed by atoms with E-state index >= 15 is 0 Å². The molecular weight excluding hydrogens is 230 g/mol. The minimum absolute atomic E-state index is 0.140. The highest BCUT2D eigenvalue weighted by Gasteiger charge is 2.22. The van der Waals surface area contributed by atoms with Crippen LogP contribution in [0, 0.1) is 0 Å². The lowest BCUT2D eigenvalue weighted by Gasteiger charge is -2.38. The van der Waals surface area contributed by atoms with Crippen LogP contribution in [-0.2, 0) is 4.79 Å². The normalized spacial score (nSPS) is 19.7. The van der Waals surface area contributed by atoms with Crippen molar-refractivity contribution in [2.24, 2.45) is 0 Å². The van der Waals surface area contributed by atoms with Crippen molar-refractivity contribution in [3.8, 4) is 0 Å². The van der Waals surface area contributed by atoms with Crippen LogP contribution in [0.4, 0.5) is 0 Å². The van der Waals surface area contributed by atoms with Crippen LogP contribution < -0.4 is 5.32 Å². The standard InChI is InChI=1S/C13H27N3O2/c1-3-12(11-17)16-9-7-15(8-10-16)6-5-13(18)14-4-2/h12,17H,3-11H2,1-2H3,(H,14,18). The van der Waals surface area contributed by atoms with Gasteiger partial charge in [0.25, 0.3) is 0 Å². The summed E-state index contributed by atoms with van der Waals surface area (Å²) in [6, 6.07) is 0.301. The molecule has 1 rings (SSSR count). The number of aliphatic hydroxyl groups is 1. The third kappa shape index (κ3) is 4.92. The first-order valence-electron chi connectivity index (χ1n) is 7.05. The van der Waals surface area contributed by atoms with Crippen molar-refractivity contribution in [1.82, 2.24) is 15.1 Å². The average molecular weight is 257 g/mol. The maximum absolute atomic E-state index is 11.4. The zero-order valence-corrected chi connectivity index (χ0v) is 11.7. The molecule has 0 radical (unpaired) electrons. The summed E-state index contributed by atoms with van der Waals surface area (Å²) < 4.78 is 0. The van der Waals surface area contributed by atoms with E-state index in [2.05, 4.69) is 22.0 Å². The fourth-order valence-corrected chi connectivity index (χ4v) is 2.40. The number of aliphatic hydroxyl groups excluding tert-OH is 1. The van der Waals surface area contributed by atoms with E-state index < -0.39 is 0 Å². The predicted molar refractivity (Wildman–Crippen MR) is 72.5 cm³/mol. The highest BCUT2D eigenvalue weighted by Crippen LogP contribution is 2.09. The van der Waals surface area contributed by atoms with Crippen molar-refractivity contribution in [2.45, 2.75) is 32.7 Å². The van der Waals surface area contributed by atoms with Gasteiger partial charge in [-0.05, 0) is 13.3 Å². The molecule has 5 heteroatoms. The zero-order chi connectivity index (χ0) is 13.4. The van der Waals surface area contributed by atoms with Gasteiger partial charge in [0.05, 0.1) is 6.61 Å². The van der Waals surface area contributed by atoms with Crippen LogP contribution in [0.1, 0.15) is 26.7 Å². The second kappa shape index (κ2) is 8.45. The summed E-state index contributed by atoms with van der Waals surface area (Å²) >= 11 is 0. The summed E-state index contributed by atoms with van der Waals surface area (Å²) in [6.45, 7) is 9.83. The summed E-state index contributed by atoms with van der Waals surface area (Å²) in [4.78, 5) is 16.0. The Hall–Kier alpha value is -0.650. The monoisotopic (exact) mass is 257 g/mol. The molecular formula is C13H27N3O2. The van der Waals surface area contributed by atoms with Crippen LogP contribution in [0.25, 0.3) is 0 Å². The zero-order valence-electron chi connectivity index (χ0n) is 11.7.